The fourth-order valence-corrected chi connectivity index (χ4v) is 6.01. The van der Waals surface area contributed by atoms with Crippen LogP contribution in [-0.4, -0.2) is 119 Å². The Hall–Kier alpha value is -4.20. The number of nitrogens with two attached hydrogens (primary N) is 1. The highest BCUT2D eigenvalue weighted by Gasteiger charge is 2.44. The summed E-state index contributed by atoms with van der Waals surface area (Å²) in [6.45, 7) is -0.00472. The van der Waals surface area contributed by atoms with E-state index in [1.807, 2.05) is 0 Å². The minimum absolute atomic E-state index is 0.0401. The second-order valence-electron chi connectivity index (χ2n) is 11.6. The Balaban J connectivity index is 1.36. The van der Waals surface area contributed by atoms with Crippen LogP contribution in [0.25, 0.3) is 22.6 Å². The number of alkyl halides is 2. The van der Waals surface area contributed by atoms with Gasteiger partial charge in [0.1, 0.15) is 30.7 Å². The maximum atomic E-state index is 14.5. The van der Waals surface area contributed by atoms with Gasteiger partial charge in [0, 0.05) is 13.1 Å². The molecule has 2 aliphatic rings. The van der Waals surface area contributed by atoms with E-state index >= 15 is 0 Å². The number of halogens is 3. The van der Waals surface area contributed by atoms with Crippen molar-refractivity contribution in [3.63, 3.8) is 0 Å². The van der Waals surface area contributed by atoms with Crippen LogP contribution >= 0.6 is 0 Å². The van der Waals surface area contributed by atoms with Crippen molar-refractivity contribution >= 4 is 22.7 Å². The Bertz CT molecular complexity index is 1730. The van der Waals surface area contributed by atoms with E-state index in [0.717, 1.165) is 0 Å². The number of ether oxygens (including phenoxy) is 2. The number of piperidine rings is 1. The topological polar surface area (TPSA) is 210 Å². The number of hydrogen-bond acceptors (Lipinski definition) is 14. The third-order valence-electron chi connectivity index (χ3n) is 8.55. The van der Waals surface area contributed by atoms with E-state index in [-0.39, 0.29) is 36.8 Å². The van der Waals surface area contributed by atoms with Gasteiger partial charge in [-0.05, 0) is 36.6 Å². The van der Waals surface area contributed by atoms with Crippen molar-refractivity contribution in [2.75, 3.05) is 37.0 Å². The number of pyridine rings is 2. The van der Waals surface area contributed by atoms with E-state index in [1.54, 1.807) is 21.6 Å². The Kier molecular flexibility index (Phi) is 9.14. The maximum absolute atomic E-state index is 14.5. The molecule has 15 nitrogen and oxygen atoms in total. The normalized spacial score (nSPS) is 25.4. The van der Waals surface area contributed by atoms with Crippen LogP contribution in [0.15, 0.2) is 37.1 Å². The molecule has 0 saturated carbocycles. The van der Waals surface area contributed by atoms with E-state index in [0.29, 0.717) is 41.1 Å². The molecule has 0 radical (unpaired) electrons. The minimum Gasteiger partial charge on any atom is -0.492 e. The third-order valence-corrected chi connectivity index (χ3v) is 8.55. The van der Waals surface area contributed by atoms with Gasteiger partial charge in [-0.25, -0.2) is 28.7 Å². The zero-order chi connectivity index (χ0) is 33.5. The molecule has 6 atom stereocenters. The molecular formula is C29H34F3N9O6. The van der Waals surface area contributed by atoms with E-state index < -0.39 is 55.2 Å². The van der Waals surface area contributed by atoms with Crippen LogP contribution < -0.4 is 20.7 Å². The number of fused-ring (bicyclic) bond motifs is 1. The second-order valence-corrected chi connectivity index (χ2v) is 11.6. The van der Waals surface area contributed by atoms with Crippen molar-refractivity contribution in [1.82, 2.24) is 29.5 Å². The minimum atomic E-state index is -3.02. The highest BCUT2D eigenvalue weighted by Crippen LogP contribution is 2.34. The molecule has 4 aromatic heterocycles. The third kappa shape index (κ3) is 6.27. The van der Waals surface area contributed by atoms with E-state index in [2.05, 4.69) is 30.2 Å². The Morgan fingerprint density at radius 2 is 1.98 bits per heavy atom. The predicted molar refractivity (Wildman–Crippen MR) is 160 cm³/mol. The van der Waals surface area contributed by atoms with Crippen LogP contribution in [0.4, 0.5) is 24.7 Å². The lowest BCUT2D eigenvalue weighted by atomic mass is 9.84. The van der Waals surface area contributed by atoms with Crippen molar-refractivity contribution in [3.05, 3.63) is 48.6 Å². The van der Waals surface area contributed by atoms with Gasteiger partial charge in [-0.3, -0.25) is 4.98 Å². The van der Waals surface area contributed by atoms with Crippen LogP contribution in [0.1, 0.15) is 18.4 Å². The first kappa shape index (κ1) is 32.7. The molecule has 2 aliphatic heterocycles. The summed E-state index contributed by atoms with van der Waals surface area (Å²) in [5, 5.41) is 43.1. The SMILES string of the molecule is COc1ccc(-c2cc(Cn3cnc4c(NC5O[C@H](CO)[C@@H](O)[C@H]5O)ncnc43)c(N3CCC[C@](N)([C@H](O)C(F)F)C3)cn2)nc1F. The van der Waals surface area contributed by atoms with Crippen LogP contribution in [0.2, 0.25) is 0 Å². The van der Waals surface area contributed by atoms with Gasteiger partial charge in [-0.2, -0.15) is 4.39 Å². The number of hydrogen-bond donors (Lipinski definition) is 6. The number of aliphatic hydroxyl groups excluding tert-OH is 4. The summed E-state index contributed by atoms with van der Waals surface area (Å²) in [5.74, 6) is -0.669. The highest BCUT2D eigenvalue weighted by molar-refractivity contribution is 5.83. The first-order valence-corrected chi connectivity index (χ1v) is 14.8. The highest BCUT2D eigenvalue weighted by atomic mass is 19.3. The quantitative estimate of drug-likeness (QED) is 0.126. The predicted octanol–water partition coefficient (Wildman–Crippen LogP) is 0.254. The zero-order valence-corrected chi connectivity index (χ0v) is 25.1. The number of nitrogens with one attached hydrogen (secondary N) is 1. The molecule has 47 heavy (non-hydrogen) atoms. The second kappa shape index (κ2) is 13.1. The van der Waals surface area contributed by atoms with Crippen LogP contribution in [-0.2, 0) is 11.3 Å². The Morgan fingerprint density at radius 3 is 2.68 bits per heavy atom. The molecule has 7 N–H and O–H groups in total. The smallest absolute Gasteiger partial charge is 0.265 e. The first-order valence-electron chi connectivity index (χ1n) is 14.8. The molecule has 2 saturated heterocycles. The fraction of sp³-hybridized carbons (Fsp3) is 0.483. The van der Waals surface area contributed by atoms with E-state index in [1.165, 1.54) is 32.0 Å². The zero-order valence-electron chi connectivity index (χ0n) is 25.1. The van der Waals surface area contributed by atoms with Gasteiger partial charge in [0.15, 0.2) is 29.0 Å². The van der Waals surface area contributed by atoms with Gasteiger partial charge in [0.05, 0.1) is 55.4 Å². The molecule has 0 aromatic carbocycles. The summed E-state index contributed by atoms with van der Waals surface area (Å²) in [4.78, 5) is 23.3. The summed E-state index contributed by atoms with van der Waals surface area (Å²) in [6, 6.07) is 4.66. The van der Waals surface area contributed by atoms with Crippen LogP contribution in [0, 0.1) is 5.95 Å². The largest absolute Gasteiger partial charge is 0.492 e. The van der Waals surface area contributed by atoms with Crippen molar-refractivity contribution in [2.24, 2.45) is 5.73 Å². The number of methoxy groups -OCH3 is 1. The Morgan fingerprint density at radius 1 is 1.17 bits per heavy atom. The van der Waals surface area contributed by atoms with E-state index in [4.69, 9.17) is 15.2 Å². The number of anilines is 2. The number of aromatic nitrogens is 6. The average Bonchev–Trinajstić information content (AvgIpc) is 3.60. The van der Waals surface area contributed by atoms with Gasteiger partial charge < -0.3 is 50.4 Å². The molecule has 0 aliphatic carbocycles. The standard InChI is InChI=1S/C29H34F3N9O6/c1-46-18-4-3-15(38-25(18)32)16-7-14(17(8-34-16)40-6-2-5-29(33,11-40)23(45)24(30)31)9-41-13-37-20-26(35-12-36-27(20)41)39-28-22(44)21(43)19(10-42)47-28/h3-4,7-8,12-13,19,21-24,28,42-45H,2,5-6,9-11,33H2,1H3,(H,35,36,39)/t19-,21-,22-,23-,28?,29-/m1/s1. The Labute approximate surface area is 265 Å². The van der Waals surface area contributed by atoms with Crippen LogP contribution in [0.5, 0.6) is 5.75 Å². The molecule has 1 unspecified atom stereocenters. The summed E-state index contributed by atoms with van der Waals surface area (Å²) in [6.07, 6.45) is -4.88. The van der Waals surface area contributed by atoms with Crippen LogP contribution in [0.3, 0.4) is 0 Å². The molecular weight excluding hydrogens is 627 g/mol. The molecule has 4 aromatic rings. The number of nitrogens with zero attached hydrogens (tertiary/aromatic N) is 7. The van der Waals surface area contributed by atoms with Gasteiger partial charge in [-0.1, -0.05) is 0 Å². The van der Waals surface area contributed by atoms with Crippen molar-refractivity contribution < 1.29 is 43.1 Å². The first-order chi connectivity index (χ1) is 22.5. The molecule has 0 amide bonds. The lowest BCUT2D eigenvalue weighted by molar-refractivity contribution is -0.0529. The van der Waals surface area contributed by atoms with Crippen molar-refractivity contribution in [2.45, 2.75) is 62.0 Å². The van der Waals surface area contributed by atoms with Gasteiger partial charge in [-0.15, -0.1) is 0 Å². The average molecular weight is 662 g/mol. The molecule has 6 rings (SSSR count). The van der Waals surface area contributed by atoms with Gasteiger partial charge in [0.2, 0.25) is 0 Å². The summed E-state index contributed by atoms with van der Waals surface area (Å²) < 4.78 is 53.8. The lowest BCUT2D eigenvalue weighted by Crippen LogP contribution is -2.63. The monoisotopic (exact) mass is 661 g/mol. The molecule has 0 bridgehead atoms. The van der Waals surface area contributed by atoms with E-state index in [9.17, 15) is 33.6 Å². The number of imidazole rings is 1. The molecule has 6 heterocycles. The number of aliphatic hydroxyl groups is 4. The van der Waals surface area contributed by atoms with Crippen molar-refractivity contribution in [3.8, 4) is 17.1 Å². The van der Waals surface area contributed by atoms with Crippen molar-refractivity contribution in [1.29, 1.82) is 0 Å². The molecule has 2 fully saturated rings. The summed E-state index contributed by atoms with van der Waals surface area (Å²) in [5.41, 5.74) is 7.11. The summed E-state index contributed by atoms with van der Waals surface area (Å²) in [7, 11) is 1.32. The van der Waals surface area contributed by atoms with Gasteiger partial charge in [0.25, 0.3) is 12.4 Å². The summed E-state index contributed by atoms with van der Waals surface area (Å²) >= 11 is 0. The molecule has 18 heteroatoms. The molecule has 252 valence electrons. The lowest BCUT2D eigenvalue weighted by Gasteiger charge is -2.44. The fourth-order valence-electron chi connectivity index (χ4n) is 6.01. The molecule has 0 spiro atoms. The maximum Gasteiger partial charge on any atom is 0.265 e. The van der Waals surface area contributed by atoms with Gasteiger partial charge >= 0.3 is 0 Å². The number of rotatable bonds is 10.